The fraction of sp³-hybridized carbons (Fsp3) is 0.333. The highest BCUT2D eigenvalue weighted by atomic mass is 32.2. The molecule has 1 unspecified atom stereocenters. The molecule has 0 saturated heterocycles. The van der Waals surface area contributed by atoms with Gasteiger partial charge in [-0.2, -0.15) is 0 Å². The highest BCUT2D eigenvalue weighted by molar-refractivity contribution is 7.99. The van der Waals surface area contributed by atoms with Crippen molar-refractivity contribution >= 4 is 33.3 Å². The number of thiophene rings is 1. The Morgan fingerprint density at radius 2 is 2.32 bits per heavy atom. The summed E-state index contributed by atoms with van der Waals surface area (Å²) >= 11 is 3.21. The Balaban J connectivity index is 1.95. The van der Waals surface area contributed by atoms with Crippen LogP contribution in [-0.4, -0.2) is 35.5 Å². The highest BCUT2D eigenvalue weighted by Crippen LogP contribution is 2.32. The highest BCUT2D eigenvalue weighted by Gasteiger charge is 2.27. The number of nitrogens with zero attached hydrogens (tertiary/aromatic N) is 2. The third kappa shape index (κ3) is 3.38. The zero-order valence-corrected chi connectivity index (χ0v) is 17.8. The van der Waals surface area contributed by atoms with E-state index in [0.29, 0.717) is 10.9 Å². The van der Waals surface area contributed by atoms with E-state index in [-0.39, 0.29) is 5.56 Å². The van der Waals surface area contributed by atoms with E-state index in [2.05, 4.69) is 13.5 Å². The largest absolute Gasteiger partial charge is 0.497 e. The molecule has 1 aliphatic heterocycles. The number of benzene rings is 1. The number of methoxy groups -OCH3 is 1. The summed E-state index contributed by atoms with van der Waals surface area (Å²) < 4.78 is 7.09. The maximum Gasteiger partial charge on any atom is 0.267 e. The molecule has 7 heteroatoms. The van der Waals surface area contributed by atoms with Crippen LogP contribution in [0.3, 0.4) is 0 Å². The van der Waals surface area contributed by atoms with Gasteiger partial charge in [-0.25, -0.2) is 4.98 Å². The summed E-state index contributed by atoms with van der Waals surface area (Å²) in [5, 5.41) is 1.49. The molecule has 1 N–H and O–H groups in total. The van der Waals surface area contributed by atoms with Crippen molar-refractivity contribution in [2.75, 3.05) is 26.0 Å². The first-order valence-electron chi connectivity index (χ1n) is 9.45. The summed E-state index contributed by atoms with van der Waals surface area (Å²) in [4.78, 5) is 22.3. The predicted octanol–water partition coefficient (Wildman–Crippen LogP) is 2.69. The summed E-state index contributed by atoms with van der Waals surface area (Å²) in [7, 11) is 1.63. The molecule has 0 spiro atoms. The number of hydrogen-bond acceptors (Lipinski definition) is 5. The van der Waals surface area contributed by atoms with Crippen molar-refractivity contribution < 1.29 is 9.64 Å². The fourth-order valence-electron chi connectivity index (χ4n) is 3.67. The third-order valence-corrected chi connectivity index (χ3v) is 7.22. The van der Waals surface area contributed by atoms with Gasteiger partial charge in [0.25, 0.3) is 5.56 Å². The van der Waals surface area contributed by atoms with Crippen LogP contribution in [0.1, 0.15) is 17.4 Å². The van der Waals surface area contributed by atoms with Crippen molar-refractivity contribution in [2.24, 2.45) is 0 Å². The van der Waals surface area contributed by atoms with Crippen LogP contribution in [0.2, 0.25) is 0 Å². The molecule has 0 aliphatic carbocycles. The Kier molecular flexibility index (Phi) is 5.57. The Morgan fingerprint density at radius 3 is 3.07 bits per heavy atom. The average molecular weight is 415 g/mol. The van der Waals surface area contributed by atoms with E-state index < -0.39 is 0 Å². The molecule has 3 heterocycles. The molecule has 5 nitrogen and oxygen atoms in total. The molecular formula is C21H24N3O2S2+. The zero-order chi connectivity index (χ0) is 19.7. The van der Waals surface area contributed by atoms with E-state index in [1.54, 1.807) is 27.9 Å². The summed E-state index contributed by atoms with van der Waals surface area (Å²) in [5.74, 6) is 1.42. The van der Waals surface area contributed by atoms with E-state index in [9.17, 15) is 4.79 Å². The van der Waals surface area contributed by atoms with Gasteiger partial charge in [-0.3, -0.25) is 9.36 Å². The Labute approximate surface area is 172 Å². The molecule has 146 valence electrons. The number of hydrogen-bond donors (Lipinski definition) is 1. The monoisotopic (exact) mass is 414 g/mol. The first kappa shape index (κ1) is 19.2. The molecule has 4 rings (SSSR count). The fourth-order valence-corrected chi connectivity index (χ4v) is 5.75. The van der Waals surface area contributed by atoms with Crippen molar-refractivity contribution in [3.05, 3.63) is 57.7 Å². The molecule has 0 bridgehead atoms. The van der Waals surface area contributed by atoms with Crippen LogP contribution in [0.15, 0.2) is 46.9 Å². The second kappa shape index (κ2) is 8.11. The lowest BCUT2D eigenvalue weighted by molar-refractivity contribution is -0.913. The molecule has 1 atom stereocenters. The number of quaternary nitrogens is 1. The number of aromatic nitrogens is 2. The van der Waals surface area contributed by atoms with Gasteiger partial charge in [-0.15, -0.1) is 17.9 Å². The minimum absolute atomic E-state index is 0.0160. The molecule has 0 radical (unpaired) electrons. The predicted molar refractivity (Wildman–Crippen MR) is 116 cm³/mol. The number of likely N-dealkylation sites (N-methyl/N-ethyl adjacent to an activating group) is 1. The van der Waals surface area contributed by atoms with E-state index in [1.807, 2.05) is 30.3 Å². The van der Waals surface area contributed by atoms with E-state index in [1.165, 1.54) is 22.2 Å². The third-order valence-electron chi connectivity index (χ3n) is 5.16. The molecular weight excluding hydrogens is 390 g/mol. The first-order valence-corrected chi connectivity index (χ1v) is 11.3. The summed E-state index contributed by atoms with van der Waals surface area (Å²) in [6.07, 6.45) is 2.77. The normalized spacial score (nSPS) is 16.1. The van der Waals surface area contributed by atoms with E-state index in [4.69, 9.17) is 9.72 Å². The van der Waals surface area contributed by atoms with Crippen LogP contribution in [0.25, 0.3) is 15.9 Å². The van der Waals surface area contributed by atoms with E-state index >= 15 is 0 Å². The van der Waals surface area contributed by atoms with Gasteiger partial charge in [-0.1, -0.05) is 23.9 Å². The van der Waals surface area contributed by atoms with E-state index in [0.717, 1.165) is 47.7 Å². The molecule has 3 aromatic rings. The SMILES string of the molecule is C=CCSc1nc2sc3c(c2c(=O)n1-c1cccc(OC)c1)CC[NH+](CC)C3. The maximum absolute atomic E-state index is 13.6. The van der Waals surface area contributed by atoms with Gasteiger partial charge in [0, 0.05) is 18.2 Å². The van der Waals surface area contributed by atoms with Gasteiger partial charge in [0.1, 0.15) is 17.1 Å². The van der Waals surface area contributed by atoms with Gasteiger partial charge >= 0.3 is 0 Å². The molecule has 0 fully saturated rings. The minimum atomic E-state index is 0.0160. The minimum Gasteiger partial charge on any atom is -0.497 e. The maximum atomic E-state index is 13.6. The summed E-state index contributed by atoms with van der Waals surface area (Å²) in [6, 6.07) is 7.59. The van der Waals surface area contributed by atoms with Crippen LogP contribution >= 0.6 is 23.1 Å². The van der Waals surface area contributed by atoms with Gasteiger partial charge in [0.05, 0.1) is 36.2 Å². The number of rotatable bonds is 6. The van der Waals surface area contributed by atoms with Gasteiger partial charge in [0.15, 0.2) is 5.16 Å². The molecule has 1 aromatic carbocycles. The number of ether oxygens (including phenoxy) is 1. The number of nitrogens with one attached hydrogen (secondary N) is 1. The van der Waals surface area contributed by atoms with Gasteiger partial charge < -0.3 is 9.64 Å². The standard InChI is InChI=1S/C21H23N3O2S2/c1-4-11-27-21-22-19-18(16-9-10-23(5-2)13-17(16)28-19)20(25)24(21)14-7-6-8-15(12-14)26-3/h4,6-8,12H,1,5,9-11,13H2,2-3H3/p+1. The Bertz CT molecular complexity index is 1090. The van der Waals surface area contributed by atoms with Crippen molar-refractivity contribution in [1.82, 2.24) is 9.55 Å². The Hall–Kier alpha value is -2.09. The Morgan fingerprint density at radius 1 is 1.46 bits per heavy atom. The molecule has 0 saturated carbocycles. The summed E-state index contributed by atoms with van der Waals surface area (Å²) in [5.41, 5.74) is 2.00. The van der Waals surface area contributed by atoms with Crippen molar-refractivity contribution in [3.8, 4) is 11.4 Å². The summed E-state index contributed by atoms with van der Waals surface area (Å²) in [6.45, 7) is 9.18. The van der Waals surface area contributed by atoms with Crippen LogP contribution in [0.4, 0.5) is 0 Å². The van der Waals surface area contributed by atoms with Crippen LogP contribution in [0.5, 0.6) is 5.75 Å². The second-order valence-corrected chi connectivity index (χ2v) is 8.87. The van der Waals surface area contributed by atoms with Crippen molar-refractivity contribution in [2.45, 2.75) is 25.0 Å². The topological polar surface area (TPSA) is 48.6 Å². The number of thioether (sulfide) groups is 1. The van der Waals surface area contributed by atoms with Crippen LogP contribution < -0.4 is 15.2 Å². The molecule has 0 amide bonds. The number of fused-ring (bicyclic) bond motifs is 3. The molecule has 2 aromatic heterocycles. The van der Waals surface area contributed by atoms with Gasteiger partial charge in [0.2, 0.25) is 0 Å². The lowest BCUT2D eigenvalue weighted by Crippen LogP contribution is -3.11. The molecule has 1 aliphatic rings. The quantitative estimate of drug-likeness (QED) is 0.383. The van der Waals surface area contributed by atoms with Crippen molar-refractivity contribution in [1.29, 1.82) is 0 Å². The lowest BCUT2D eigenvalue weighted by Gasteiger charge is -2.22. The smallest absolute Gasteiger partial charge is 0.267 e. The van der Waals surface area contributed by atoms with Crippen LogP contribution in [0, 0.1) is 0 Å². The second-order valence-electron chi connectivity index (χ2n) is 6.80. The van der Waals surface area contributed by atoms with Gasteiger partial charge in [-0.05, 0) is 24.6 Å². The first-order chi connectivity index (χ1) is 13.7. The van der Waals surface area contributed by atoms with Crippen molar-refractivity contribution in [3.63, 3.8) is 0 Å². The van der Waals surface area contributed by atoms with Crippen LogP contribution in [-0.2, 0) is 13.0 Å². The zero-order valence-electron chi connectivity index (χ0n) is 16.2. The average Bonchev–Trinajstić information content (AvgIpc) is 3.09. The lowest BCUT2D eigenvalue weighted by atomic mass is 10.1. The molecule has 28 heavy (non-hydrogen) atoms.